The highest BCUT2D eigenvalue weighted by atomic mass is 16.3. The maximum absolute atomic E-state index is 9.69. The molecule has 15 heavy (non-hydrogen) atoms. The number of phenols is 1. The standard InChI is InChI=1S/C13H19NO/c1-9(2)12-8-11(15)7-10-5-4-6-14(3)13(10)12/h7-9,15H,4-6H2,1-3H3. The highest BCUT2D eigenvalue weighted by molar-refractivity contribution is 5.64. The number of rotatable bonds is 1. The summed E-state index contributed by atoms with van der Waals surface area (Å²) in [5.74, 6) is 0.874. The molecule has 0 amide bonds. The maximum atomic E-state index is 9.69. The number of nitrogens with zero attached hydrogens (tertiary/aromatic N) is 1. The molecule has 2 nitrogen and oxygen atoms in total. The topological polar surface area (TPSA) is 23.5 Å². The van der Waals surface area contributed by atoms with Crippen LogP contribution < -0.4 is 4.90 Å². The van der Waals surface area contributed by atoms with Gasteiger partial charge in [0, 0.05) is 19.3 Å². The molecule has 1 N–H and O–H groups in total. The monoisotopic (exact) mass is 205 g/mol. The van der Waals surface area contributed by atoms with Crippen LogP contribution in [-0.4, -0.2) is 18.7 Å². The fourth-order valence-corrected chi connectivity index (χ4v) is 2.42. The predicted octanol–water partition coefficient (Wildman–Crippen LogP) is 2.90. The van der Waals surface area contributed by atoms with E-state index in [0.717, 1.165) is 13.0 Å². The Kier molecular flexibility index (Phi) is 2.59. The summed E-state index contributed by atoms with van der Waals surface area (Å²) in [6, 6.07) is 3.82. The first-order valence-corrected chi connectivity index (χ1v) is 5.66. The Bertz CT molecular complexity index is 371. The minimum atomic E-state index is 0.410. The van der Waals surface area contributed by atoms with Gasteiger partial charge in [-0.25, -0.2) is 0 Å². The molecule has 1 aromatic rings. The third-order valence-corrected chi connectivity index (χ3v) is 3.15. The van der Waals surface area contributed by atoms with E-state index in [0.29, 0.717) is 11.7 Å². The van der Waals surface area contributed by atoms with Crippen molar-refractivity contribution < 1.29 is 5.11 Å². The van der Waals surface area contributed by atoms with Crippen LogP contribution >= 0.6 is 0 Å². The molecule has 0 bridgehead atoms. The molecule has 0 spiro atoms. The zero-order chi connectivity index (χ0) is 11.0. The molecule has 82 valence electrons. The normalized spacial score (nSPS) is 15.6. The number of hydrogen-bond donors (Lipinski definition) is 1. The second kappa shape index (κ2) is 3.76. The number of benzene rings is 1. The molecule has 1 aromatic carbocycles. The molecule has 0 unspecified atom stereocenters. The van der Waals surface area contributed by atoms with Gasteiger partial charge in [0.15, 0.2) is 0 Å². The van der Waals surface area contributed by atoms with Gasteiger partial charge in [-0.1, -0.05) is 13.8 Å². The molecule has 0 radical (unpaired) electrons. The van der Waals surface area contributed by atoms with E-state index in [2.05, 4.69) is 25.8 Å². The first-order valence-electron chi connectivity index (χ1n) is 5.66. The Labute approximate surface area is 91.5 Å². The fraction of sp³-hybridized carbons (Fsp3) is 0.538. The number of anilines is 1. The minimum absolute atomic E-state index is 0.410. The molecule has 0 aromatic heterocycles. The van der Waals surface area contributed by atoms with Gasteiger partial charge in [0.05, 0.1) is 0 Å². The smallest absolute Gasteiger partial charge is 0.116 e. The first-order chi connectivity index (χ1) is 7.09. The van der Waals surface area contributed by atoms with E-state index in [-0.39, 0.29) is 0 Å². The zero-order valence-electron chi connectivity index (χ0n) is 9.75. The van der Waals surface area contributed by atoms with Crippen molar-refractivity contribution in [3.05, 3.63) is 23.3 Å². The van der Waals surface area contributed by atoms with Gasteiger partial charge in [0.2, 0.25) is 0 Å². The van der Waals surface area contributed by atoms with Crippen LogP contribution in [0.3, 0.4) is 0 Å². The average Bonchev–Trinajstić information content (AvgIpc) is 2.16. The fourth-order valence-electron chi connectivity index (χ4n) is 2.42. The van der Waals surface area contributed by atoms with Gasteiger partial charge in [-0.2, -0.15) is 0 Å². The van der Waals surface area contributed by atoms with E-state index in [1.54, 1.807) is 0 Å². The van der Waals surface area contributed by atoms with Crippen molar-refractivity contribution >= 4 is 5.69 Å². The van der Waals surface area contributed by atoms with Crippen molar-refractivity contribution in [2.75, 3.05) is 18.5 Å². The minimum Gasteiger partial charge on any atom is -0.508 e. The SMILES string of the molecule is CC(C)c1cc(O)cc2c1N(C)CCC2. The molecular formula is C13H19NO. The first kappa shape index (κ1) is 10.3. The summed E-state index contributed by atoms with van der Waals surface area (Å²) in [6.45, 7) is 5.48. The summed E-state index contributed by atoms with van der Waals surface area (Å²) in [5, 5.41) is 9.69. The van der Waals surface area contributed by atoms with Crippen molar-refractivity contribution in [3.63, 3.8) is 0 Å². The Hall–Kier alpha value is -1.18. The maximum Gasteiger partial charge on any atom is 0.116 e. The van der Waals surface area contributed by atoms with E-state index in [1.807, 2.05) is 12.1 Å². The van der Waals surface area contributed by atoms with E-state index in [1.165, 1.54) is 23.2 Å². The second-order valence-electron chi connectivity index (χ2n) is 4.72. The van der Waals surface area contributed by atoms with E-state index < -0.39 is 0 Å². The lowest BCUT2D eigenvalue weighted by atomic mass is 9.92. The molecular weight excluding hydrogens is 186 g/mol. The lowest BCUT2D eigenvalue weighted by Gasteiger charge is -2.31. The van der Waals surface area contributed by atoms with Crippen molar-refractivity contribution in [1.82, 2.24) is 0 Å². The number of hydrogen-bond acceptors (Lipinski definition) is 2. The summed E-state index contributed by atoms with van der Waals surface area (Å²) < 4.78 is 0. The van der Waals surface area contributed by atoms with Gasteiger partial charge in [0.1, 0.15) is 5.75 Å². The Morgan fingerprint density at radius 2 is 2.07 bits per heavy atom. The van der Waals surface area contributed by atoms with Crippen LogP contribution in [0, 0.1) is 0 Å². The molecule has 0 aliphatic carbocycles. The van der Waals surface area contributed by atoms with Crippen LogP contribution in [0.25, 0.3) is 0 Å². The molecule has 0 saturated carbocycles. The van der Waals surface area contributed by atoms with E-state index in [4.69, 9.17) is 0 Å². The summed E-state index contributed by atoms with van der Waals surface area (Å²) in [4.78, 5) is 2.31. The molecule has 1 aliphatic heterocycles. The highest BCUT2D eigenvalue weighted by Crippen LogP contribution is 2.37. The molecule has 0 saturated heterocycles. The molecule has 0 fully saturated rings. The molecule has 1 heterocycles. The number of aromatic hydroxyl groups is 1. The molecule has 2 heteroatoms. The van der Waals surface area contributed by atoms with Crippen molar-refractivity contribution in [2.24, 2.45) is 0 Å². The summed E-state index contributed by atoms with van der Waals surface area (Å²) >= 11 is 0. The molecule has 0 atom stereocenters. The lowest BCUT2D eigenvalue weighted by Crippen LogP contribution is -2.26. The van der Waals surface area contributed by atoms with Gasteiger partial charge < -0.3 is 10.0 Å². The van der Waals surface area contributed by atoms with Crippen LogP contribution in [0.5, 0.6) is 5.75 Å². The van der Waals surface area contributed by atoms with Crippen molar-refractivity contribution in [1.29, 1.82) is 0 Å². The van der Waals surface area contributed by atoms with Crippen LogP contribution in [0.4, 0.5) is 5.69 Å². The molecule has 2 rings (SSSR count). The van der Waals surface area contributed by atoms with Crippen LogP contribution in [0.15, 0.2) is 12.1 Å². The number of aryl methyl sites for hydroxylation is 1. The second-order valence-corrected chi connectivity index (χ2v) is 4.72. The van der Waals surface area contributed by atoms with Gasteiger partial charge in [0.25, 0.3) is 0 Å². The summed E-state index contributed by atoms with van der Waals surface area (Å²) in [6.07, 6.45) is 2.28. The third-order valence-electron chi connectivity index (χ3n) is 3.15. The summed E-state index contributed by atoms with van der Waals surface area (Å²) in [5.41, 5.74) is 3.91. The van der Waals surface area contributed by atoms with Gasteiger partial charge in [-0.05, 0) is 42.0 Å². The van der Waals surface area contributed by atoms with Gasteiger partial charge in [-0.15, -0.1) is 0 Å². The number of fused-ring (bicyclic) bond motifs is 1. The van der Waals surface area contributed by atoms with Crippen LogP contribution in [-0.2, 0) is 6.42 Å². The van der Waals surface area contributed by atoms with Crippen LogP contribution in [0.2, 0.25) is 0 Å². The third kappa shape index (κ3) is 1.81. The van der Waals surface area contributed by atoms with Crippen molar-refractivity contribution in [2.45, 2.75) is 32.6 Å². The number of phenolic OH excluding ortho intramolecular Hbond substituents is 1. The Morgan fingerprint density at radius 1 is 1.33 bits per heavy atom. The summed E-state index contributed by atoms with van der Waals surface area (Å²) in [7, 11) is 2.14. The average molecular weight is 205 g/mol. The zero-order valence-corrected chi connectivity index (χ0v) is 9.75. The predicted molar refractivity (Wildman–Crippen MR) is 63.8 cm³/mol. The Balaban J connectivity index is 2.58. The molecule has 1 aliphatic rings. The largest absolute Gasteiger partial charge is 0.508 e. The van der Waals surface area contributed by atoms with E-state index >= 15 is 0 Å². The van der Waals surface area contributed by atoms with Gasteiger partial charge in [-0.3, -0.25) is 0 Å². The van der Waals surface area contributed by atoms with Crippen LogP contribution in [0.1, 0.15) is 37.3 Å². The lowest BCUT2D eigenvalue weighted by molar-refractivity contribution is 0.472. The van der Waals surface area contributed by atoms with E-state index in [9.17, 15) is 5.11 Å². The van der Waals surface area contributed by atoms with Crippen molar-refractivity contribution in [3.8, 4) is 5.75 Å². The highest BCUT2D eigenvalue weighted by Gasteiger charge is 2.19. The van der Waals surface area contributed by atoms with Gasteiger partial charge >= 0.3 is 0 Å². The quantitative estimate of drug-likeness (QED) is 0.762. The Morgan fingerprint density at radius 3 is 2.73 bits per heavy atom.